The van der Waals surface area contributed by atoms with Crippen LogP contribution in [0.15, 0.2) is 30.3 Å². The molecule has 5 nitrogen and oxygen atoms in total. The van der Waals surface area contributed by atoms with E-state index in [-0.39, 0.29) is 23.4 Å². The summed E-state index contributed by atoms with van der Waals surface area (Å²) in [5.41, 5.74) is 0.854. The fourth-order valence-electron chi connectivity index (χ4n) is 4.12. The molecule has 1 spiro atoms. The Morgan fingerprint density at radius 3 is 2.40 bits per heavy atom. The zero-order valence-corrected chi connectivity index (χ0v) is 15.3. The van der Waals surface area contributed by atoms with E-state index in [1.54, 1.807) is 0 Å². The Labute approximate surface area is 150 Å². The number of benzene rings is 1. The number of likely N-dealkylation sites (tertiary alicyclic amines) is 1. The van der Waals surface area contributed by atoms with Gasteiger partial charge in [-0.15, -0.1) is 0 Å². The van der Waals surface area contributed by atoms with Crippen LogP contribution in [0.4, 0.5) is 0 Å². The van der Waals surface area contributed by atoms with Crippen LogP contribution >= 0.6 is 0 Å². The Morgan fingerprint density at radius 1 is 1.16 bits per heavy atom. The van der Waals surface area contributed by atoms with Gasteiger partial charge in [-0.2, -0.15) is 0 Å². The van der Waals surface area contributed by atoms with Crippen LogP contribution in [0.2, 0.25) is 0 Å². The lowest BCUT2D eigenvalue weighted by atomic mass is 9.93. The zero-order chi connectivity index (χ0) is 17.9. The maximum absolute atomic E-state index is 12.6. The Bertz CT molecular complexity index is 605. The predicted molar refractivity (Wildman–Crippen MR) is 97.6 cm³/mol. The monoisotopic (exact) mass is 343 g/mol. The molecule has 0 atom stereocenters. The first kappa shape index (κ1) is 17.9. The smallest absolute Gasteiger partial charge is 0.238 e. The number of nitrogens with one attached hydrogen (secondary N) is 1. The van der Waals surface area contributed by atoms with E-state index in [0.29, 0.717) is 13.1 Å². The summed E-state index contributed by atoms with van der Waals surface area (Å²) >= 11 is 0. The largest absolute Gasteiger partial charge is 0.342 e. The summed E-state index contributed by atoms with van der Waals surface area (Å²) in [4.78, 5) is 29.1. The molecule has 0 saturated carbocycles. The van der Waals surface area contributed by atoms with E-state index in [1.807, 2.05) is 28.0 Å². The highest BCUT2D eigenvalue weighted by Gasteiger charge is 2.47. The Kier molecular flexibility index (Phi) is 5.42. The third-order valence-electron chi connectivity index (χ3n) is 5.81. The van der Waals surface area contributed by atoms with Crippen LogP contribution in [-0.4, -0.2) is 46.9 Å². The third kappa shape index (κ3) is 3.56. The first-order valence-corrected chi connectivity index (χ1v) is 9.48. The molecule has 2 fully saturated rings. The zero-order valence-electron chi connectivity index (χ0n) is 15.3. The molecule has 2 heterocycles. The minimum Gasteiger partial charge on any atom is -0.342 e. The summed E-state index contributed by atoms with van der Waals surface area (Å²) in [6.07, 6.45) is 3.40. The highest BCUT2D eigenvalue weighted by Crippen LogP contribution is 2.32. The van der Waals surface area contributed by atoms with Gasteiger partial charge >= 0.3 is 0 Å². The first-order valence-electron chi connectivity index (χ1n) is 9.48. The summed E-state index contributed by atoms with van der Waals surface area (Å²) < 4.78 is 0. The van der Waals surface area contributed by atoms with Crippen molar-refractivity contribution in [2.45, 2.75) is 51.7 Å². The van der Waals surface area contributed by atoms with E-state index in [2.05, 4.69) is 31.3 Å². The minimum absolute atomic E-state index is 0.132. The average molecular weight is 343 g/mol. The molecular weight excluding hydrogens is 314 g/mol. The van der Waals surface area contributed by atoms with Crippen LogP contribution in [0.25, 0.3) is 0 Å². The second-order valence-corrected chi connectivity index (χ2v) is 7.19. The van der Waals surface area contributed by atoms with E-state index in [4.69, 9.17) is 0 Å². The fourth-order valence-corrected chi connectivity index (χ4v) is 4.12. The van der Waals surface area contributed by atoms with Gasteiger partial charge in [0.15, 0.2) is 0 Å². The van der Waals surface area contributed by atoms with Gasteiger partial charge in [0.2, 0.25) is 11.8 Å². The summed E-state index contributed by atoms with van der Waals surface area (Å²) in [5.74, 6) is 0.565. The van der Waals surface area contributed by atoms with Crippen molar-refractivity contribution >= 4 is 11.8 Å². The molecule has 2 amide bonds. The van der Waals surface area contributed by atoms with Crippen LogP contribution in [0.3, 0.4) is 0 Å². The quantitative estimate of drug-likeness (QED) is 0.893. The van der Waals surface area contributed by atoms with Crippen molar-refractivity contribution in [2.75, 3.05) is 19.6 Å². The van der Waals surface area contributed by atoms with Crippen molar-refractivity contribution < 1.29 is 9.59 Å². The Morgan fingerprint density at radius 2 is 1.80 bits per heavy atom. The van der Waals surface area contributed by atoms with Crippen LogP contribution in [0, 0.1) is 5.92 Å². The molecule has 0 bridgehead atoms. The maximum Gasteiger partial charge on any atom is 0.238 e. The van der Waals surface area contributed by atoms with Gasteiger partial charge in [-0.1, -0.05) is 44.2 Å². The molecule has 1 aromatic rings. The molecule has 0 radical (unpaired) electrons. The van der Waals surface area contributed by atoms with Crippen molar-refractivity contribution in [3.05, 3.63) is 35.9 Å². The number of piperidine rings is 1. The fraction of sp³-hybridized carbons (Fsp3) is 0.600. The van der Waals surface area contributed by atoms with E-state index in [9.17, 15) is 9.59 Å². The summed E-state index contributed by atoms with van der Waals surface area (Å²) in [7, 11) is 0. The van der Waals surface area contributed by atoms with Gasteiger partial charge in [0.05, 0.1) is 12.2 Å². The second-order valence-electron chi connectivity index (χ2n) is 7.19. The molecule has 136 valence electrons. The molecule has 25 heavy (non-hydrogen) atoms. The van der Waals surface area contributed by atoms with Gasteiger partial charge < -0.3 is 9.80 Å². The number of carbonyl (C=O) groups excluding carboxylic acids is 2. The van der Waals surface area contributed by atoms with Crippen molar-refractivity contribution in [3.63, 3.8) is 0 Å². The van der Waals surface area contributed by atoms with Gasteiger partial charge in [-0.25, -0.2) is 0 Å². The van der Waals surface area contributed by atoms with Gasteiger partial charge in [-0.3, -0.25) is 14.9 Å². The minimum atomic E-state index is -0.294. The lowest BCUT2D eigenvalue weighted by molar-refractivity contribution is -0.140. The van der Waals surface area contributed by atoms with E-state index < -0.39 is 0 Å². The van der Waals surface area contributed by atoms with Gasteiger partial charge in [0, 0.05) is 38.4 Å². The molecule has 2 aliphatic heterocycles. The van der Waals surface area contributed by atoms with Crippen molar-refractivity contribution in [3.8, 4) is 0 Å². The average Bonchev–Trinajstić information content (AvgIpc) is 2.94. The first-order chi connectivity index (χ1) is 12.1. The lowest BCUT2D eigenvalue weighted by Gasteiger charge is -2.45. The molecule has 1 aromatic carbocycles. The molecule has 1 N–H and O–H groups in total. The highest BCUT2D eigenvalue weighted by molar-refractivity contribution is 5.82. The number of hydrogen-bond donors (Lipinski definition) is 1. The van der Waals surface area contributed by atoms with Crippen molar-refractivity contribution in [1.82, 2.24) is 15.1 Å². The number of nitrogens with zero attached hydrogens (tertiary/aromatic N) is 2. The molecule has 0 aliphatic carbocycles. The number of rotatable bonds is 5. The highest BCUT2D eigenvalue weighted by atomic mass is 16.2. The Hall–Kier alpha value is -1.88. The molecule has 3 rings (SSSR count). The lowest BCUT2D eigenvalue weighted by Crippen LogP contribution is -2.59. The topological polar surface area (TPSA) is 52.7 Å². The second kappa shape index (κ2) is 7.56. The van der Waals surface area contributed by atoms with Gasteiger partial charge in [0.25, 0.3) is 0 Å². The normalized spacial score (nSPS) is 19.9. The molecule has 0 aromatic heterocycles. The van der Waals surface area contributed by atoms with E-state index in [1.165, 1.54) is 0 Å². The van der Waals surface area contributed by atoms with Gasteiger partial charge in [-0.05, 0) is 18.4 Å². The summed E-state index contributed by atoms with van der Waals surface area (Å²) in [5, 5.41) is 3.45. The summed E-state index contributed by atoms with van der Waals surface area (Å²) in [6.45, 7) is 6.63. The number of carbonyl (C=O) groups is 2. The predicted octanol–water partition coefficient (Wildman–Crippen LogP) is 2.37. The molecular formula is C20H29N3O2. The van der Waals surface area contributed by atoms with Crippen LogP contribution in [-0.2, 0) is 16.1 Å². The molecule has 2 aliphatic rings. The number of hydrogen-bond acceptors (Lipinski definition) is 3. The standard InChI is InChI=1S/C20H29N3O2/c1-3-17(4-2)19(25)22-12-10-20(11-13-22)21-14-18(24)23(20)15-16-8-6-5-7-9-16/h5-9,17,21H,3-4,10-15H2,1-2H3. The van der Waals surface area contributed by atoms with Crippen molar-refractivity contribution in [2.24, 2.45) is 5.92 Å². The van der Waals surface area contributed by atoms with Crippen LogP contribution < -0.4 is 5.32 Å². The third-order valence-corrected chi connectivity index (χ3v) is 5.81. The van der Waals surface area contributed by atoms with E-state index in [0.717, 1.165) is 44.3 Å². The van der Waals surface area contributed by atoms with Crippen LogP contribution in [0.5, 0.6) is 0 Å². The van der Waals surface area contributed by atoms with Gasteiger partial charge in [0.1, 0.15) is 0 Å². The molecule has 2 saturated heterocycles. The SMILES string of the molecule is CCC(CC)C(=O)N1CCC2(CC1)NCC(=O)N2Cc1ccccc1. The van der Waals surface area contributed by atoms with Crippen molar-refractivity contribution in [1.29, 1.82) is 0 Å². The van der Waals surface area contributed by atoms with E-state index >= 15 is 0 Å². The number of amides is 2. The Balaban J connectivity index is 1.68. The summed E-state index contributed by atoms with van der Waals surface area (Å²) in [6, 6.07) is 10.1. The molecule has 0 unspecified atom stereocenters. The molecule has 5 heteroatoms. The maximum atomic E-state index is 12.6. The van der Waals surface area contributed by atoms with Crippen LogP contribution in [0.1, 0.15) is 45.1 Å².